The number of aromatic nitrogens is 2. The second kappa shape index (κ2) is 5.04. The molecule has 0 spiro atoms. The number of carbonyl (C=O) groups excluding carboxylic acids is 1. The van der Waals surface area contributed by atoms with Gasteiger partial charge in [-0.25, -0.2) is 0 Å². The fourth-order valence-corrected chi connectivity index (χ4v) is 2.82. The SMILES string of the molecule is COc1cc(C)ccc1-c1nnc(C=O)c2c1CCC2. The van der Waals surface area contributed by atoms with Gasteiger partial charge >= 0.3 is 0 Å². The van der Waals surface area contributed by atoms with E-state index in [4.69, 9.17) is 4.74 Å². The second-order valence-electron chi connectivity index (χ2n) is 5.07. The van der Waals surface area contributed by atoms with Crippen molar-refractivity contribution in [2.75, 3.05) is 7.11 Å². The van der Waals surface area contributed by atoms with Gasteiger partial charge in [-0.1, -0.05) is 6.07 Å². The highest BCUT2D eigenvalue weighted by atomic mass is 16.5. The number of hydrogen-bond donors (Lipinski definition) is 0. The molecular formula is C16H16N2O2. The normalized spacial score (nSPS) is 13.1. The third-order valence-corrected chi connectivity index (χ3v) is 3.79. The quantitative estimate of drug-likeness (QED) is 0.803. The third kappa shape index (κ3) is 1.97. The molecule has 0 saturated heterocycles. The van der Waals surface area contributed by atoms with Crippen molar-refractivity contribution in [3.8, 4) is 17.0 Å². The summed E-state index contributed by atoms with van der Waals surface area (Å²) in [6, 6.07) is 6.04. The highest BCUT2D eigenvalue weighted by Crippen LogP contribution is 2.36. The molecule has 0 fully saturated rings. The molecule has 2 aromatic rings. The van der Waals surface area contributed by atoms with E-state index in [-0.39, 0.29) is 0 Å². The van der Waals surface area contributed by atoms with Crippen molar-refractivity contribution < 1.29 is 9.53 Å². The van der Waals surface area contributed by atoms with E-state index in [0.717, 1.165) is 59.2 Å². The molecule has 0 atom stereocenters. The van der Waals surface area contributed by atoms with Gasteiger partial charge in [0.25, 0.3) is 0 Å². The van der Waals surface area contributed by atoms with Gasteiger partial charge in [0.15, 0.2) is 6.29 Å². The highest BCUT2D eigenvalue weighted by molar-refractivity contribution is 5.79. The first-order valence-corrected chi connectivity index (χ1v) is 6.73. The van der Waals surface area contributed by atoms with Crippen LogP contribution in [0.1, 0.15) is 33.6 Å². The number of methoxy groups -OCH3 is 1. The molecule has 1 aliphatic carbocycles. The lowest BCUT2D eigenvalue weighted by Crippen LogP contribution is -2.03. The molecule has 1 aliphatic rings. The summed E-state index contributed by atoms with van der Waals surface area (Å²) in [5.74, 6) is 0.798. The van der Waals surface area contributed by atoms with Crippen LogP contribution in [0.5, 0.6) is 5.75 Å². The van der Waals surface area contributed by atoms with Crippen LogP contribution < -0.4 is 4.74 Å². The Kier molecular flexibility index (Phi) is 3.22. The minimum atomic E-state index is 0.479. The standard InChI is InChI=1S/C16H16N2O2/c1-10-6-7-13(15(8-10)20-2)16-12-5-3-4-11(12)14(9-19)17-18-16/h6-9H,3-5H2,1-2H3. The maximum Gasteiger partial charge on any atom is 0.170 e. The molecule has 0 amide bonds. The van der Waals surface area contributed by atoms with Gasteiger partial charge in [-0.3, -0.25) is 4.79 Å². The molecule has 0 bridgehead atoms. The summed E-state index contributed by atoms with van der Waals surface area (Å²) in [5.41, 5.74) is 5.60. The predicted octanol–water partition coefficient (Wildman–Crippen LogP) is 2.76. The first-order valence-electron chi connectivity index (χ1n) is 6.73. The Hall–Kier alpha value is -2.23. The Morgan fingerprint density at radius 2 is 2.00 bits per heavy atom. The monoisotopic (exact) mass is 268 g/mol. The van der Waals surface area contributed by atoms with Crippen LogP contribution in [0.3, 0.4) is 0 Å². The number of carbonyl (C=O) groups is 1. The van der Waals surface area contributed by atoms with Crippen LogP contribution in [0, 0.1) is 6.92 Å². The van der Waals surface area contributed by atoms with E-state index in [1.807, 2.05) is 25.1 Å². The van der Waals surface area contributed by atoms with Crippen LogP contribution >= 0.6 is 0 Å². The fourth-order valence-electron chi connectivity index (χ4n) is 2.82. The summed E-state index contributed by atoms with van der Waals surface area (Å²) in [5, 5.41) is 8.34. The summed E-state index contributed by atoms with van der Waals surface area (Å²) in [4.78, 5) is 11.1. The number of aldehydes is 1. The van der Waals surface area contributed by atoms with E-state index in [2.05, 4.69) is 10.2 Å². The van der Waals surface area contributed by atoms with Crippen LogP contribution in [0.15, 0.2) is 18.2 Å². The van der Waals surface area contributed by atoms with E-state index in [0.29, 0.717) is 5.69 Å². The van der Waals surface area contributed by atoms with Crippen molar-refractivity contribution in [2.24, 2.45) is 0 Å². The van der Waals surface area contributed by atoms with E-state index in [1.165, 1.54) is 0 Å². The number of ether oxygens (including phenoxy) is 1. The molecule has 20 heavy (non-hydrogen) atoms. The molecule has 4 nitrogen and oxygen atoms in total. The maximum absolute atomic E-state index is 11.1. The smallest absolute Gasteiger partial charge is 0.170 e. The lowest BCUT2D eigenvalue weighted by atomic mass is 10.0. The molecule has 1 aromatic carbocycles. The Labute approximate surface area is 117 Å². The second-order valence-corrected chi connectivity index (χ2v) is 5.07. The van der Waals surface area contributed by atoms with E-state index >= 15 is 0 Å². The zero-order chi connectivity index (χ0) is 14.1. The maximum atomic E-state index is 11.1. The van der Waals surface area contributed by atoms with Gasteiger partial charge in [-0.05, 0) is 55.0 Å². The number of fused-ring (bicyclic) bond motifs is 1. The van der Waals surface area contributed by atoms with Crippen molar-refractivity contribution in [3.05, 3.63) is 40.6 Å². The van der Waals surface area contributed by atoms with Crippen molar-refractivity contribution in [1.29, 1.82) is 0 Å². The predicted molar refractivity (Wildman–Crippen MR) is 76.2 cm³/mol. The zero-order valence-corrected chi connectivity index (χ0v) is 11.6. The molecule has 0 N–H and O–H groups in total. The topological polar surface area (TPSA) is 52.1 Å². The first kappa shape index (κ1) is 12.8. The molecule has 4 heteroatoms. The van der Waals surface area contributed by atoms with Crippen molar-refractivity contribution in [3.63, 3.8) is 0 Å². The minimum Gasteiger partial charge on any atom is -0.496 e. The molecule has 1 aromatic heterocycles. The first-order chi connectivity index (χ1) is 9.74. The summed E-state index contributed by atoms with van der Waals surface area (Å²) < 4.78 is 5.46. The Balaban J connectivity index is 2.21. The number of nitrogens with zero attached hydrogens (tertiary/aromatic N) is 2. The number of aryl methyl sites for hydroxylation is 1. The zero-order valence-electron chi connectivity index (χ0n) is 11.6. The summed E-state index contributed by atoms with van der Waals surface area (Å²) >= 11 is 0. The number of hydrogen-bond acceptors (Lipinski definition) is 4. The van der Waals surface area contributed by atoms with Gasteiger partial charge in [0, 0.05) is 5.56 Å². The summed E-state index contributed by atoms with van der Waals surface area (Å²) in [6.45, 7) is 2.03. The van der Waals surface area contributed by atoms with Gasteiger partial charge in [0.2, 0.25) is 0 Å². The van der Waals surface area contributed by atoms with Crippen LogP contribution in [0.25, 0.3) is 11.3 Å². The minimum absolute atomic E-state index is 0.479. The van der Waals surface area contributed by atoms with E-state index < -0.39 is 0 Å². The van der Waals surface area contributed by atoms with Gasteiger partial charge in [0.05, 0.1) is 7.11 Å². The van der Waals surface area contributed by atoms with Crippen LogP contribution in [0.4, 0.5) is 0 Å². The Bertz CT molecular complexity index is 680. The average molecular weight is 268 g/mol. The highest BCUT2D eigenvalue weighted by Gasteiger charge is 2.23. The fraction of sp³-hybridized carbons (Fsp3) is 0.312. The molecule has 0 saturated carbocycles. The molecule has 0 radical (unpaired) electrons. The molecular weight excluding hydrogens is 252 g/mol. The summed E-state index contributed by atoms with van der Waals surface area (Å²) in [6.07, 6.45) is 3.69. The van der Waals surface area contributed by atoms with Gasteiger partial charge in [-0.2, -0.15) is 0 Å². The molecule has 102 valence electrons. The van der Waals surface area contributed by atoms with Crippen molar-refractivity contribution in [1.82, 2.24) is 10.2 Å². The molecule has 0 aliphatic heterocycles. The lowest BCUT2D eigenvalue weighted by Gasteiger charge is -2.12. The number of rotatable bonds is 3. The van der Waals surface area contributed by atoms with Gasteiger partial charge < -0.3 is 4.74 Å². The van der Waals surface area contributed by atoms with E-state index in [1.54, 1.807) is 7.11 Å². The third-order valence-electron chi connectivity index (χ3n) is 3.79. The van der Waals surface area contributed by atoms with Crippen LogP contribution in [-0.4, -0.2) is 23.6 Å². The van der Waals surface area contributed by atoms with Crippen molar-refractivity contribution >= 4 is 6.29 Å². The van der Waals surface area contributed by atoms with Crippen LogP contribution in [-0.2, 0) is 12.8 Å². The van der Waals surface area contributed by atoms with Crippen molar-refractivity contribution in [2.45, 2.75) is 26.2 Å². The summed E-state index contributed by atoms with van der Waals surface area (Å²) in [7, 11) is 1.66. The van der Waals surface area contributed by atoms with Crippen LogP contribution in [0.2, 0.25) is 0 Å². The average Bonchev–Trinajstić information content (AvgIpc) is 2.96. The largest absolute Gasteiger partial charge is 0.496 e. The van der Waals surface area contributed by atoms with Gasteiger partial charge in [0.1, 0.15) is 17.1 Å². The molecule has 0 unspecified atom stereocenters. The number of benzene rings is 1. The van der Waals surface area contributed by atoms with E-state index in [9.17, 15) is 4.79 Å². The Morgan fingerprint density at radius 3 is 2.75 bits per heavy atom. The molecule has 1 heterocycles. The Morgan fingerprint density at radius 1 is 1.20 bits per heavy atom. The lowest BCUT2D eigenvalue weighted by molar-refractivity contribution is 0.111. The van der Waals surface area contributed by atoms with Gasteiger partial charge in [-0.15, -0.1) is 10.2 Å². The molecule has 3 rings (SSSR count).